The standard InChI is InChI=1S/C33H32N4O.C27H19N3O/c1-3-36(4-2)20-21-38-30-22-29(25-14-8-5-9-15-25)31-28(23-34)24-37(33(31)35-30)32(26-16-10-6-11-17-26)27-18-12-7-13-19-27;28-17-22-18-30(26(20-12-6-2-7-13-20)21-14-8-3-9-15-21)27-25(22)23(16-24(31)29-27)19-10-4-1-5-11-19/h5-19,22,24,32H,3-4,20-21H2,1-2H3;1-16,18,26H,(H,29,31). The Morgan fingerprint density at radius 2 is 0.971 bits per heavy atom. The van der Waals surface area contributed by atoms with Gasteiger partial charge in [0.1, 0.15) is 30.0 Å². The average Bonchev–Trinajstić information content (AvgIpc) is 3.97. The van der Waals surface area contributed by atoms with E-state index in [1.807, 2.05) is 144 Å². The van der Waals surface area contributed by atoms with Crippen molar-refractivity contribution in [2.24, 2.45) is 0 Å². The summed E-state index contributed by atoms with van der Waals surface area (Å²) in [4.78, 5) is 23.0. The fourth-order valence-electron chi connectivity index (χ4n) is 9.23. The summed E-state index contributed by atoms with van der Waals surface area (Å²) in [6.07, 6.45) is 3.78. The summed E-state index contributed by atoms with van der Waals surface area (Å²) >= 11 is 0. The molecule has 4 aromatic heterocycles. The molecule has 1 N–H and O–H groups in total. The molecule has 0 aliphatic carbocycles. The van der Waals surface area contributed by atoms with Crippen LogP contribution in [0, 0.1) is 22.7 Å². The molecule has 0 aliphatic heterocycles. The van der Waals surface area contributed by atoms with Crippen LogP contribution in [0.25, 0.3) is 44.3 Å². The second-order valence-corrected chi connectivity index (χ2v) is 16.7. The van der Waals surface area contributed by atoms with Gasteiger partial charge in [-0.1, -0.05) is 196 Å². The highest BCUT2D eigenvalue weighted by atomic mass is 16.5. The first-order valence-corrected chi connectivity index (χ1v) is 23.3. The van der Waals surface area contributed by atoms with Gasteiger partial charge < -0.3 is 23.8 Å². The zero-order valence-corrected chi connectivity index (χ0v) is 38.6. The Kier molecular flexibility index (Phi) is 14.0. The number of nitrogens with zero attached hydrogens (tertiary/aromatic N) is 6. The molecule has 0 atom stereocenters. The zero-order chi connectivity index (χ0) is 47.5. The van der Waals surface area contributed by atoms with Crippen molar-refractivity contribution in [3.63, 3.8) is 0 Å². The lowest BCUT2D eigenvalue weighted by Crippen LogP contribution is -2.28. The number of benzene rings is 6. The molecule has 0 amide bonds. The van der Waals surface area contributed by atoms with E-state index in [2.05, 4.69) is 101 Å². The van der Waals surface area contributed by atoms with Crippen LogP contribution in [0.15, 0.2) is 211 Å². The Morgan fingerprint density at radius 1 is 0.565 bits per heavy atom. The highest BCUT2D eigenvalue weighted by Gasteiger charge is 2.25. The molecule has 6 aromatic carbocycles. The number of aromatic amines is 1. The third-order valence-electron chi connectivity index (χ3n) is 12.6. The molecule has 0 spiro atoms. The van der Waals surface area contributed by atoms with Crippen molar-refractivity contribution in [2.45, 2.75) is 25.9 Å². The topological polar surface area (TPSA) is 116 Å². The smallest absolute Gasteiger partial charge is 0.250 e. The summed E-state index contributed by atoms with van der Waals surface area (Å²) in [5.41, 5.74) is 10.3. The number of pyridine rings is 2. The molecule has 9 nitrogen and oxygen atoms in total. The van der Waals surface area contributed by atoms with Gasteiger partial charge in [-0.2, -0.15) is 15.5 Å². The number of fused-ring (bicyclic) bond motifs is 2. The molecule has 10 rings (SSSR count). The SMILES string of the molecule is CCN(CC)CCOc1cc(-c2ccccc2)c2c(C#N)cn(C(c3ccccc3)c3ccccc3)c2n1.N#Cc1cn(C(c2ccccc2)c2ccccc2)c2[nH]c(=O)cc(-c3ccccc3)c12. The predicted molar refractivity (Wildman–Crippen MR) is 276 cm³/mol. The summed E-state index contributed by atoms with van der Waals surface area (Å²) in [5.74, 6) is 0.562. The zero-order valence-electron chi connectivity index (χ0n) is 38.6. The lowest BCUT2D eigenvalue weighted by Gasteiger charge is -2.22. The molecule has 0 saturated heterocycles. The van der Waals surface area contributed by atoms with Crippen LogP contribution in [0.5, 0.6) is 5.88 Å². The van der Waals surface area contributed by atoms with Gasteiger partial charge in [0.05, 0.1) is 23.2 Å². The van der Waals surface area contributed by atoms with Crippen LogP contribution in [-0.2, 0) is 0 Å². The number of nitrogens with one attached hydrogen (secondary N) is 1. The summed E-state index contributed by atoms with van der Waals surface area (Å²) in [5, 5.41) is 21.8. The van der Waals surface area contributed by atoms with Crippen molar-refractivity contribution in [3.8, 4) is 40.3 Å². The summed E-state index contributed by atoms with van der Waals surface area (Å²) in [7, 11) is 0. The molecule has 0 saturated carbocycles. The fourth-order valence-corrected chi connectivity index (χ4v) is 9.23. The van der Waals surface area contributed by atoms with E-state index in [0.29, 0.717) is 29.3 Å². The van der Waals surface area contributed by atoms with Gasteiger partial charge in [0, 0.05) is 41.8 Å². The maximum atomic E-state index is 12.7. The van der Waals surface area contributed by atoms with Gasteiger partial charge in [0.15, 0.2) is 0 Å². The van der Waals surface area contributed by atoms with Crippen molar-refractivity contribution in [1.82, 2.24) is 24.0 Å². The van der Waals surface area contributed by atoms with Crippen molar-refractivity contribution < 1.29 is 4.74 Å². The van der Waals surface area contributed by atoms with Gasteiger partial charge in [0.25, 0.3) is 0 Å². The van der Waals surface area contributed by atoms with Crippen molar-refractivity contribution in [2.75, 3.05) is 26.2 Å². The normalized spacial score (nSPS) is 11.1. The lowest BCUT2D eigenvalue weighted by molar-refractivity contribution is 0.218. The van der Waals surface area contributed by atoms with E-state index in [-0.39, 0.29) is 17.6 Å². The second-order valence-electron chi connectivity index (χ2n) is 16.7. The third kappa shape index (κ3) is 9.73. The summed E-state index contributed by atoms with van der Waals surface area (Å²) in [6.45, 7) is 7.64. The van der Waals surface area contributed by atoms with Crippen LogP contribution < -0.4 is 10.3 Å². The molecule has 0 unspecified atom stereocenters. The highest BCUT2D eigenvalue weighted by Crippen LogP contribution is 2.39. The minimum absolute atomic E-state index is 0.149. The minimum atomic E-state index is -0.199. The van der Waals surface area contributed by atoms with Crippen molar-refractivity contribution in [1.29, 1.82) is 10.5 Å². The number of ether oxygens (including phenoxy) is 1. The van der Waals surface area contributed by atoms with Crippen LogP contribution in [-0.4, -0.2) is 50.2 Å². The molecule has 0 fully saturated rings. The number of hydrogen-bond acceptors (Lipinski definition) is 6. The Labute approximate surface area is 402 Å². The van der Waals surface area contributed by atoms with E-state index in [1.165, 1.54) is 0 Å². The maximum Gasteiger partial charge on any atom is 0.250 e. The first kappa shape index (κ1) is 45.4. The Balaban J connectivity index is 0.000000175. The molecule has 9 heteroatoms. The van der Waals surface area contributed by atoms with Crippen LogP contribution in [0.2, 0.25) is 0 Å². The predicted octanol–water partition coefficient (Wildman–Crippen LogP) is 12.4. The third-order valence-corrected chi connectivity index (χ3v) is 12.6. The van der Waals surface area contributed by atoms with Gasteiger partial charge in [0.2, 0.25) is 11.4 Å². The highest BCUT2D eigenvalue weighted by molar-refractivity contribution is 5.99. The number of nitriles is 2. The average molecular weight is 902 g/mol. The van der Waals surface area contributed by atoms with E-state index in [1.54, 1.807) is 6.07 Å². The quantitative estimate of drug-likeness (QED) is 0.116. The van der Waals surface area contributed by atoms with Crippen LogP contribution >= 0.6 is 0 Å². The van der Waals surface area contributed by atoms with Gasteiger partial charge >= 0.3 is 0 Å². The molecule has 0 bridgehead atoms. The maximum absolute atomic E-state index is 12.7. The van der Waals surface area contributed by atoms with Crippen LogP contribution in [0.4, 0.5) is 0 Å². The summed E-state index contributed by atoms with van der Waals surface area (Å²) < 4.78 is 10.4. The van der Waals surface area contributed by atoms with Crippen LogP contribution in [0.1, 0.15) is 59.3 Å². The Bertz CT molecular complexity index is 3350. The van der Waals surface area contributed by atoms with Crippen molar-refractivity contribution >= 4 is 22.1 Å². The van der Waals surface area contributed by atoms with Crippen molar-refractivity contribution in [3.05, 3.63) is 250 Å². The Hall–Kier alpha value is -8.76. The molecule has 0 radical (unpaired) electrons. The number of H-pyrrole nitrogens is 1. The second kappa shape index (κ2) is 21.3. The Morgan fingerprint density at radius 3 is 1.42 bits per heavy atom. The van der Waals surface area contributed by atoms with E-state index >= 15 is 0 Å². The molecule has 338 valence electrons. The first-order chi connectivity index (χ1) is 34.0. The van der Waals surface area contributed by atoms with E-state index in [9.17, 15) is 15.3 Å². The first-order valence-electron chi connectivity index (χ1n) is 23.3. The summed E-state index contributed by atoms with van der Waals surface area (Å²) in [6, 6.07) is 68.8. The van der Waals surface area contributed by atoms with Gasteiger partial charge in [-0.3, -0.25) is 4.79 Å². The number of aromatic nitrogens is 4. The fraction of sp³-hybridized carbons (Fsp3) is 0.133. The molecule has 0 aliphatic rings. The number of hydrogen-bond donors (Lipinski definition) is 1. The minimum Gasteiger partial charge on any atom is -0.476 e. The lowest BCUT2D eigenvalue weighted by atomic mass is 9.98. The molecular formula is C60H51N7O2. The van der Waals surface area contributed by atoms with Gasteiger partial charge in [-0.05, 0) is 57.6 Å². The number of likely N-dealkylation sites (N-methyl/N-ethyl adjacent to an activating group) is 1. The van der Waals surface area contributed by atoms with Crippen LogP contribution in [0.3, 0.4) is 0 Å². The van der Waals surface area contributed by atoms with E-state index < -0.39 is 0 Å². The number of rotatable bonds is 14. The molecule has 10 aromatic rings. The van der Waals surface area contributed by atoms with Gasteiger partial charge in [-0.15, -0.1) is 0 Å². The molecular weight excluding hydrogens is 851 g/mol. The van der Waals surface area contributed by atoms with E-state index in [0.717, 1.165) is 80.6 Å². The molecule has 69 heavy (non-hydrogen) atoms. The van der Waals surface area contributed by atoms with E-state index in [4.69, 9.17) is 9.72 Å². The largest absolute Gasteiger partial charge is 0.476 e. The van der Waals surface area contributed by atoms with Gasteiger partial charge in [-0.25, -0.2) is 0 Å². The monoisotopic (exact) mass is 901 g/mol. The molecule has 4 heterocycles.